The van der Waals surface area contributed by atoms with Crippen LogP contribution >= 0.6 is 0 Å². The number of carboxylic acids is 1. The van der Waals surface area contributed by atoms with Crippen molar-refractivity contribution in [2.45, 2.75) is 45.4 Å². The van der Waals surface area contributed by atoms with Gasteiger partial charge in [-0.3, -0.25) is 9.59 Å². The van der Waals surface area contributed by atoms with Gasteiger partial charge in [0, 0.05) is 6.54 Å². The van der Waals surface area contributed by atoms with Crippen LogP contribution in [0.4, 0.5) is 3.89 Å². The number of carbonyl (C=O) groups is 2. The third-order valence-corrected chi connectivity index (χ3v) is 5.13. The highest BCUT2D eigenvalue weighted by molar-refractivity contribution is 7.86. The monoisotopic (exact) mass is 387 g/mol. The van der Waals surface area contributed by atoms with Gasteiger partial charge in [0.1, 0.15) is 0 Å². The summed E-state index contributed by atoms with van der Waals surface area (Å²) in [6.45, 7) is 7.51. The number of carbonyl (C=O) groups excluding carboxylic acids is 1. The fourth-order valence-corrected chi connectivity index (χ4v) is 3.45. The van der Waals surface area contributed by atoms with E-state index in [0.29, 0.717) is 12.8 Å². The topological polar surface area (TPSA) is 101 Å². The Balaban J connectivity index is 2.75. The van der Waals surface area contributed by atoms with Crippen molar-refractivity contribution in [3.8, 4) is 0 Å². The van der Waals surface area contributed by atoms with E-state index in [0.717, 1.165) is 5.56 Å². The molecule has 0 aliphatic rings. The molecule has 0 heterocycles. The van der Waals surface area contributed by atoms with Gasteiger partial charge in [-0.2, -0.15) is 8.42 Å². The van der Waals surface area contributed by atoms with Gasteiger partial charge in [0.25, 0.3) is 0 Å². The minimum absolute atomic E-state index is 0.267. The number of carboxylic acid groups (broad SMARTS) is 1. The van der Waals surface area contributed by atoms with Crippen LogP contribution in [0.3, 0.4) is 0 Å². The van der Waals surface area contributed by atoms with Gasteiger partial charge in [0.15, 0.2) is 0 Å². The molecule has 1 aromatic carbocycles. The van der Waals surface area contributed by atoms with Gasteiger partial charge >= 0.3 is 16.2 Å². The zero-order valence-electron chi connectivity index (χ0n) is 15.5. The number of hydrogen-bond donors (Lipinski definition) is 2. The van der Waals surface area contributed by atoms with E-state index < -0.39 is 38.3 Å². The number of halogens is 1. The third kappa shape index (κ3) is 6.09. The molecule has 1 amide bonds. The number of aliphatic carboxylic acids is 1. The van der Waals surface area contributed by atoms with Gasteiger partial charge in [0.2, 0.25) is 5.91 Å². The van der Waals surface area contributed by atoms with Crippen molar-refractivity contribution in [3.63, 3.8) is 0 Å². The van der Waals surface area contributed by atoms with E-state index >= 15 is 0 Å². The summed E-state index contributed by atoms with van der Waals surface area (Å²) in [6, 6.07) is 5.29. The van der Waals surface area contributed by atoms with Crippen molar-refractivity contribution in [1.29, 1.82) is 0 Å². The molecule has 0 saturated heterocycles. The fraction of sp³-hybridized carbons (Fsp3) is 0.556. The number of amides is 1. The molecule has 1 rings (SSSR count). The minimum atomic E-state index is -4.73. The first-order valence-electron chi connectivity index (χ1n) is 8.42. The number of rotatable bonds is 8. The third-order valence-electron chi connectivity index (χ3n) is 4.29. The van der Waals surface area contributed by atoms with Crippen LogP contribution in [0.5, 0.6) is 0 Å². The normalized spacial score (nSPS) is 14.5. The Bertz CT molecular complexity index is 738. The molecule has 0 aromatic heterocycles. The number of nitrogens with one attached hydrogen (secondary N) is 1. The molecule has 0 bridgehead atoms. The van der Waals surface area contributed by atoms with Gasteiger partial charge in [-0.05, 0) is 36.0 Å². The smallest absolute Gasteiger partial charge is 0.332 e. The summed E-state index contributed by atoms with van der Waals surface area (Å²) < 4.78 is 34.4. The molecule has 146 valence electrons. The summed E-state index contributed by atoms with van der Waals surface area (Å²) >= 11 is 0. The van der Waals surface area contributed by atoms with Crippen molar-refractivity contribution in [2.75, 3.05) is 6.54 Å². The second kappa shape index (κ2) is 8.62. The summed E-state index contributed by atoms with van der Waals surface area (Å²) in [7, 11) is -4.73. The molecule has 8 heteroatoms. The van der Waals surface area contributed by atoms with Gasteiger partial charge < -0.3 is 10.4 Å². The highest BCUT2D eigenvalue weighted by Crippen LogP contribution is 2.34. The average molecular weight is 387 g/mol. The molecule has 0 spiro atoms. The first-order chi connectivity index (χ1) is 11.9. The lowest BCUT2D eigenvalue weighted by Gasteiger charge is -2.33. The molecule has 2 unspecified atom stereocenters. The molecule has 0 fully saturated rings. The van der Waals surface area contributed by atoms with E-state index in [1.807, 2.05) is 20.8 Å². The zero-order chi connectivity index (χ0) is 20.1. The number of hydrogen-bond acceptors (Lipinski definition) is 4. The van der Waals surface area contributed by atoms with Crippen LogP contribution in [0, 0.1) is 17.3 Å². The van der Waals surface area contributed by atoms with E-state index in [4.69, 9.17) is 0 Å². The fourth-order valence-electron chi connectivity index (χ4n) is 2.99. The largest absolute Gasteiger partial charge is 0.481 e. The molecular formula is C18H26FNO5S. The summed E-state index contributed by atoms with van der Waals surface area (Å²) in [5, 5.41) is 12.1. The summed E-state index contributed by atoms with van der Waals surface area (Å²) in [4.78, 5) is 23.6. The van der Waals surface area contributed by atoms with Gasteiger partial charge in [-0.25, -0.2) is 0 Å². The van der Waals surface area contributed by atoms with E-state index in [1.165, 1.54) is 24.3 Å². The summed E-state index contributed by atoms with van der Waals surface area (Å²) in [6.07, 6.45) is 0.767. The van der Waals surface area contributed by atoms with Crippen LogP contribution in [0.25, 0.3) is 0 Å². The Hall–Kier alpha value is -1.96. The molecule has 0 saturated carbocycles. The second-order valence-corrected chi connectivity index (χ2v) is 8.67. The van der Waals surface area contributed by atoms with Crippen molar-refractivity contribution < 1.29 is 27.0 Å². The lowest BCUT2D eigenvalue weighted by Crippen LogP contribution is -2.45. The molecule has 6 nitrogen and oxygen atoms in total. The molecule has 0 radical (unpaired) electrons. The van der Waals surface area contributed by atoms with Crippen molar-refractivity contribution >= 4 is 22.1 Å². The minimum Gasteiger partial charge on any atom is -0.481 e. The van der Waals surface area contributed by atoms with Gasteiger partial charge in [-0.1, -0.05) is 39.8 Å². The average Bonchev–Trinajstić information content (AvgIpc) is 2.50. The summed E-state index contributed by atoms with van der Waals surface area (Å²) in [5.74, 6) is -2.77. The van der Waals surface area contributed by atoms with Crippen LogP contribution in [-0.2, 0) is 26.2 Å². The zero-order valence-corrected chi connectivity index (χ0v) is 16.3. The second-order valence-electron chi connectivity index (χ2n) is 7.32. The first-order valence-corrected chi connectivity index (χ1v) is 9.80. The van der Waals surface area contributed by atoms with Crippen LogP contribution < -0.4 is 5.32 Å². The van der Waals surface area contributed by atoms with Crippen LogP contribution in [0.1, 0.15) is 39.7 Å². The Morgan fingerprint density at radius 3 is 2.12 bits per heavy atom. The van der Waals surface area contributed by atoms with E-state index in [9.17, 15) is 27.0 Å². The Morgan fingerprint density at radius 1 is 1.19 bits per heavy atom. The Morgan fingerprint density at radius 2 is 1.73 bits per heavy atom. The lowest BCUT2D eigenvalue weighted by atomic mass is 9.71. The lowest BCUT2D eigenvalue weighted by molar-refractivity contribution is -0.150. The van der Waals surface area contributed by atoms with Gasteiger partial charge in [0.05, 0.1) is 16.7 Å². The molecular weight excluding hydrogens is 361 g/mol. The van der Waals surface area contributed by atoms with E-state index in [-0.39, 0.29) is 12.5 Å². The molecule has 2 N–H and O–H groups in total. The van der Waals surface area contributed by atoms with Gasteiger partial charge in [-0.15, -0.1) is 3.89 Å². The molecule has 26 heavy (non-hydrogen) atoms. The maximum atomic E-state index is 12.9. The van der Waals surface area contributed by atoms with Crippen molar-refractivity contribution in [2.24, 2.45) is 17.3 Å². The molecule has 0 aliphatic heterocycles. The predicted molar refractivity (Wildman–Crippen MR) is 95.8 cm³/mol. The molecule has 0 aliphatic carbocycles. The Kier molecular flexibility index (Phi) is 7.32. The standard InChI is InChI=1S/C18H26FNO5S/c1-5-14(17(22)23)15(18(2,3)4)16(21)20-11-10-12-6-8-13(9-7-12)26(19,24)25/h6-9,14-15H,5,10-11H2,1-4H3,(H,20,21)(H,22,23). The quantitative estimate of drug-likeness (QED) is 0.668. The molecule has 1 aromatic rings. The van der Waals surface area contributed by atoms with Crippen molar-refractivity contribution in [1.82, 2.24) is 5.32 Å². The summed E-state index contributed by atoms with van der Waals surface area (Å²) in [5.41, 5.74) is 0.218. The van der Waals surface area contributed by atoms with E-state index in [2.05, 4.69) is 5.32 Å². The Labute approximate surface area is 154 Å². The van der Waals surface area contributed by atoms with Crippen LogP contribution in [0.2, 0.25) is 0 Å². The maximum absolute atomic E-state index is 12.9. The predicted octanol–water partition coefficient (Wildman–Crippen LogP) is 2.78. The first kappa shape index (κ1) is 22.1. The van der Waals surface area contributed by atoms with Crippen molar-refractivity contribution in [3.05, 3.63) is 29.8 Å². The van der Waals surface area contributed by atoms with Crippen LogP contribution in [-0.4, -0.2) is 31.9 Å². The van der Waals surface area contributed by atoms with Crippen LogP contribution in [0.15, 0.2) is 29.2 Å². The highest BCUT2D eigenvalue weighted by atomic mass is 32.3. The maximum Gasteiger partial charge on any atom is 0.332 e. The van der Waals surface area contributed by atoms with E-state index in [1.54, 1.807) is 6.92 Å². The number of benzene rings is 1. The molecule has 2 atom stereocenters. The highest BCUT2D eigenvalue weighted by Gasteiger charge is 2.40. The SMILES string of the molecule is CCC(C(=O)O)C(C(=O)NCCc1ccc(S(=O)(=O)F)cc1)C(C)(C)C.